The first-order valence-electron chi connectivity index (χ1n) is 6.10. The highest BCUT2D eigenvalue weighted by atomic mass is 19.4. The fourth-order valence-electron chi connectivity index (χ4n) is 2.77. The first-order chi connectivity index (χ1) is 9.36. The summed E-state index contributed by atoms with van der Waals surface area (Å²) in [4.78, 5) is 0. The Morgan fingerprint density at radius 1 is 1.40 bits per heavy atom. The zero-order valence-corrected chi connectivity index (χ0v) is 10.7. The molecule has 7 heteroatoms. The Morgan fingerprint density at radius 2 is 2.05 bits per heavy atom. The second kappa shape index (κ2) is 5.31. The second-order valence-electron chi connectivity index (χ2n) is 4.76. The Labute approximate surface area is 113 Å². The van der Waals surface area contributed by atoms with Gasteiger partial charge in [0.15, 0.2) is 6.10 Å². The van der Waals surface area contributed by atoms with Crippen molar-refractivity contribution < 1.29 is 27.4 Å². The lowest BCUT2D eigenvalue weighted by atomic mass is 9.78. The number of hydrogen-bond donors (Lipinski definition) is 2. The van der Waals surface area contributed by atoms with Crippen LogP contribution >= 0.6 is 0 Å². The van der Waals surface area contributed by atoms with Crippen LogP contribution in [-0.4, -0.2) is 37.6 Å². The van der Waals surface area contributed by atoms with Gasteiger partial charge < -0.3 is 15.2 Å². The molecule has 1 fully saturated rings. The number of aliphatic hydroxyl groups is 1. The minimum absolute atomic E-state index is 0.0632. The molecule has 2 rings (SSSR count). The summed E-state index contributed by atoms with van der Waals surface area (Å²) in [5.41, 5.74) is -1.34. The fraction of sp³-hybridized carbons (Fsp3) is 0.538. The van der Waals surface area contributed by atoms with E-state index in [9.17, 15) is 22.7 Å². The van der Waals surface area contributed by atoms with E-state index in [1.807, 2.05) is 0 Å². The summed E-state index contributed by atoms with van der Waals surface area (Å²) in [5.74, 6) is -1.95. The molecule has 3 unspecified atom stereocenters. The molecule has 2 N–H and O–H groups in total. The van der Waals surface area contributed by atoms with E-state index >= 15 is 0 Å². The van der Waals surface area contributed by atoms with Crippen LogP contribution in [0.1, 0.15) is 5.56 Å². The maximum atomic E-state index is 13.9. The van der Waals surface area contributed by atoms with E-state index in [-0.39, 0.29) is 12.2 Å². The smallest absolute Gasteiger partial charge is 0.396 e. The predicted molar refractivity (Wildman–Crippen MR) is 63.5 cm³/mol. The molecule has 1 aromatic carbocycles. The van der Waals surface area contributed by atoms with Gasteiger partial charge in [0.1, 0.15) is 5.82 Å². The third-order valence-electron chi connectivity index (χ3n) is 3.81. The molecule has 1 aromatic rings. The van der Waals surface area contributed by atoms with Crippen molar-refractivity contribution in [2.75, 3.05) is 20.3 Å². The van der Waals surface area contributed by atoms with Crippen LogP contribution in [0, 0.1) is 11.7 Å². The molecule has 1 saturated heterocycles. The Bertz CT molecular complexity index is 480. The standard InChI is InChI=1S/C13H15F4NO2/c1-18-12(8-4-2-3-5-10(8)14)7-20-11(9(12)6-19)13(15,16)17/h2-5,9,11,18-19H,6-7H2,1H3. The van der Waals surface area contributed by atoms with Crippen LogP contribution in [0.25, 0.3) is 0 Å². The first kappa shape index (κ1) is 15.2. The van der Waals surface area contributed by atoms with E-state index in [2.05, 4.69) is 5.32 Å². The molecule has 0 bridgehead atoms. The molecule has 1 aliphatic rings. The molecule has 1 aliphatic heterocycles. The monoisotopic (exact) mass is 293 g/mol. The third-order valence-corrected chi connectivity index (χ3v) is 3.81. The largest absolute Gasteiger partial charge is 0.415 e. The second-order valence-corrected chi connectivity index (χ2v) is 4.76. The number of hydrogen-bond acceptors (Lipinski definition) is 3. The van der Waals surface area contributed by atoms with E-state index < -0.39 is 36.2 Å². The van der Waals surface area contributed by atoms with Gasteiger partial charge in [-0.2, -0.15) is 13.2 Å². The zero-order valence-electron chi connectivity index (χ0n) is 10.7. The summed E-state index contributed by atoms with van der Waals surface area (Å²) in [5, 5.41) is 12.1. The van der Waals surface area contributed by atoms with Crippen LogP contribution in [0.5, 0.6) is 0 Å². The number of ether oxygens (including phenoxy) is 1. The van der Waals surface area contributed by atoms with Gasteiger partial charge in [0.05, 0.1) is 18.8 Å². The lowest BCUT2D eigenvalue weighted by Crippen LogP contribution is -2.51. The number of benzene rings is 1. The molecule has 0 spiro atoms. The molecule has 0 radical (unpaired) electrons. The first-order valence-corrected chi connectivity index (χ1v) is 6.10. The van der Waals surface area contributed by atoms with Crippen molar-refractivity contribution in [3.63, 3.8) is 0 Å². The van der Waals surface area contributed by atoms with Crippen molar-refractivity contribution in [2.24, 2.45) is 5.92 Å². The van der Waals surface area contributed by atoms with Crippen molar-refractivity contribution in [3.8, 4) is 0 Å². The van der Waals surface area contributed by atoms with E-state index in [0.29, 0.717) is 0 Å². The SMILES string of the molecule is CNC1(c2ccccc2F)COC(C(F)(F)F)C1CO. The van der Waals surface area contributed by atoms with E-state index in [1.165, 1.54) is 31.3 Å². The van der Waals surface area contributed by atoms with Gasteiger partial charge in [-0.25, -0.2) is 4.39 Å². The lowest BCUT2D eigenvalue weighted by molar-refractivity contribution is -0.219. The molecule has 3 atom stereocenters. The molecule has 0 amide bonds. The van der Waals surface area contributed by atoms with Gasteiger partial charge in [-0.15, -0.1) is 0 Å². The maximum absolute atomic E-state index is 13.9. The average molecular weight is 293 g/mol. The van der Waals surface area contributed by atoms with Gasteiger partial charge >= 0.3 is 6.18 Å². The Balaban J connectivity index is 2.49. The fourth-order valence-corrected chi connectivity index (χ4v) is 2.77. The molecule has 3 nitrogen and oxygen atoms in total. The normalized spacial score (nSPS) is 30.7. The number of rotatable bonds is 3. The molecule has 0 saturated carbocycles. The van der Waals surface area contributed by atoms with Crippen molar-refractivity contribution in [3.05, 3.63) is 35.6 Å². The van der Waals surface area contributed by atoms with Crippen molar-refractivity contribution in [1.29, 1.82) is 0 Å². The van der Waals surface area contributed by atoms with Gasteiger partial charge in [0.2, 0.25) is 0 Å². The maximum Gasteiger partial charge on any atom is 0.415 e. The summed E-state index contributed by atoms with van der Waals surface area (Å²) >= 11 is 0. The summed E-state index contributed by atoms with van der Waals surface area (Å²) in [7, 11) is 1.43. The van der Waals surface area contributed by atoms with Crippen molar-refractivity contribution in [2.45, 2.75) is 17.8 Å². The lowest BCUT2D eigenvalue weighted by Gasteiger charge is -2.35. The highest BCUT2D eigenvalue weighted by Crippen LogP contribution is 2.45. The molecule has 20 heavy (non-hydrogen) atoms. The third kappa shape index (κ3) is 2.30. The number of aliphatic hydroxyl groups excluding tert-OH is 1. The highest BCUT2D eigenvalue weighted by molar-refractivity contribution is 5.30. The predicted octanol–water partition coefficient (Wildman–Crippen LogP) is 1.81. The molecule has 0 aromatic heterocycles. The van der Waals surface area contributed by atoms with E-state index in [4.69, 9.17) is 4.74 Å². The number of nitrogens with one attached hydrogen (secondary N) is 1. The van der Waals surface area contributed by atoms with Gasteiger partial charge in [-0.1, -0.05) is 18.2 Å². The van der Waals surface area contributed by atoms with Crippen LogP contribution in [-0.2, 0) is 10.3 Å². The Hall–Kier alpha value is -1.18. The average Bonchev–Trinajstić information content (AvgIpc) is 2.78. The van der Waals surface area contributed by atoms with E-state index in [1.54, 1.807) is 0 Å². The number of alkyl halides is 3. The summed E-state index contributed by atoms with van der Waals surface area (Å²) < 4.78 is 57.6. The van der Waals surface area contributed by atoms with Crippen LogP contribution in [0.15, 0.2) is 24.3 Å². The summed E-state index contributed by atoms with van der Waals surface area (Å²) in [6.07, 6.45) is -6.74. The van der Waals surface area contributed by atoms with Gasteiger partial charge in [0.25, 0.3) is 0 Å². The van der Waals surface area contributed by atoms with Crippen LogP contribution in [0.2, 0.25) is 0 Å². The minimum atomic E-state index is -4.61. The molecule has 112 valence electrons. The molecule has 1 heterocycles. The Morgan fingerprint density at radius 3 is 2.55 bits per heavy atom. The summed E-state index contributed by atoms with van der Waals surface area (Å²) in [6.45, 7) is -1.13. The number of likely N-dealkylation sites (N-methyl/N-ethyl adjacent to an activating group) is 1. The number of halogens is 4. The van der Waals surface area contributed by atoms with Crippen LogP contribution < -0.4 is 5.32 Å². The van der Waals surface area contributed by atoms with E-state index in [0.717, 1.165) is 0 Å². The molecular formula is C13H15F4NO2. The van der Waals surface area contributed by atoms with Crippen LogP contribution in [0.4, 0.5) is 17.6 Å². The summed E-state index contributed by atoms with van der Waals surface area (Å²) in [6, 6.07) is 5.56. The minimum Gasteiger partial charge on any atom is -0.396 e. The topological polar surface area (TPSA) is 41.5 Å². The van der Waals surface area contributed by atoms with Gasteiger partial charge in [-0.3, -0.25) is 0 Å². The van der Waals surface area contributed by atoms with Gasteiger partial charge in [-0.05, 0) is 13.1 Å². The highest BCUT2D eigenvalue weighted by Gasteiger charge is 2.59. The zero-order chi connectivity index (χ0) is 15.0. The van der Waals surface area contributed by atoms with Crippen molar-refractivity contribution >= 4 is 0 Å². The molecular weight excluding hydrogens is 278 g/mol. The molecule has 0 aliphatic carbocycles. The van der Waals surface area contributed by atoms with Crippen LogP contribution in [0.3, 0.4) is 0 Å². The Kier molecular flexibility index (Phi) is 4.04. The van der Waals surface area contributed by atoms with Crippen molar-refractivity contribution in [1.82, 2.24) is 5.32 Å². The van der Waals surface area contributed by atoms with Gasteiger partial charge in [0, 0.05) is 11.5 Å². The quantitative estimate of drug-likeness (QED) is 0.835.